The molecule has 0 saturated heterocycles. The van der Waals surface area contributed by atoms with Crippen molar-refractivity contribution in [3.63, 3.8) is 0 Å². The topological polar surface area (TPSA) is 19.7 Å². The summed E-state index contributed by atoms with van der Waals surface area (Å²) in [6.45, 7) is 42.9. The highest BCUT2D eigenvalue weighted by molar-refractivity contribution is 7.01. The number of rotatable bonds is 0. The van der Waals surface area contributed by atoms with Gasteiger partial charge in [-0.2, -0.15) is 0 Å². The lowest BCUT2D eigenvalue weighted by molar-refractivity contribution is 0.589. The lowest BCUT2D eigenvalue weighted by Crippen LogP contribution is -2.59. The fourth-order valence-corrected chi connectivity index (χ4v) is 16.1. The maximum atomic E-state index is 2.72. The quantitative estimate of drug-likeness (QED) is 0.135. The maximum Gasteiger partial charge on any atom is 0.252 e. The predicted octanol–water partition coefficient (Wildman–Crippen LogP) is 16.1. The predicted molar refractivity (Wildman–Crippen MR) is 365 cm³/mol. The van der Waals surface area contributed by atoms with E-state index in [2.05, 4.69) is 276 Å². The fraction of sp³-hybridized carbons (Fsp3) is 0.308. The van der Waals surface area contributed by atoms with Crippen molar-refractivity contribution in [2.24, 2.45) is 0 Å². The van der Waals surface area contributed by atoms with E-state index in [1.165, 1.54) is 176 Å². The van der Waals surface area contributed by atoms with Crippen LogP contribution in [-0.4, -0.2) is 31.7 Å². The zero-order valence-electron chi connectivity index (χ0n) is 52.6. The number of hydrogen-bond acceptors (Lipinski definition) is 0. The van der Waals surface area contributed by atoms with Crippen LogP contribution in [0.1, 0.15) is 158 Å². The van der Waals surface area contributed by atoms with E-state index in [0.29, 0.717) is 0 Å². The van der Waals surface area contributed by atoms with Crippen LogP contribution in [0.3, 0.4) is 0 Å². The van der Waals surface area contributed by atoms with Crippen LogP contribution >= 0.6 is 0 Å². The summed E-state index contributed by atoms with van der Waals surface area (Å²) in [5, 5.41) is 10.7. The van der Waals surface area contributed by atoms with Gasteiger partial charge in [0.2, 0.25) is 0 Å². The van der Waals surface area contributed by atoms with Gasteiger partial charge in [-0.05, 0) is 171 Å². The first-order valence-corrected chi connectivity index (χ1v) is 31.2. The van der Waals surface area contributed by atoms with E-state index in [1.807, 2.05) is 0 Å². The molecule has 17 rings (SSSR count). The standard InChI is InChI=1S/C78H76B2N4/c1-73(2,3)41-25-27-59-49(29-41)53-31-43(75(7,8)9)33-57-71(53)81(59)63-35-45(77(13,14)15)37-65-67(63)79(57)55-23-19-21-47-51-39-52-48-22-20-24-56-70(48)84(62(52)40-61(51)83(65)69(47)55)66-38-46(78(16,17)18)36-64-68(66)80(56)58-34-44(76(10,11)12)32-54-50-30-42(74(4,5)6)26-28-60(50)82(64)72(54)58/h19-40H,1-18H3. The molecule has 4 nitrogen and oxygen atoms in total. The zero-order valence-corrected chi connectivity index (χ0v) is 52.6. The first kappa shape index (κ1) is 50.8. The Kier molecular flexibility index (Phi) is 9.31. The molecule has 8 heterocycles. The van der Waals surface area contributed by atoms with Crippen LogP contribution in [0.4, 0.5) is 0 Å². The van der Waals surface area contributed by atoms with Gasteiger partial charge in [-0.3, -0.25) is 0 Å². The van der Waals surface area contributed by atoms with E-state index >= 15 is 0 Å². The van der Waals surface area contributed by atoms with E-state index in [4.69, 9.17) is 0 Å². The molecule has 84 heavy (non-hydrogen) atoms. The van der Waals surface area contributed by atoms with E-state index in [-0.39, 0.29) is 45.9 Å². The van der Waals surface area contributed by atoms with Gasteiger partial charge in [0.15, 0.2) is 0 Å². The van der Waals surface area contributed by atoms with Crippen molar-refractivity contribution >= 4 is 133 Å². The molecule has 4 aliphatic rings. The van der Waals surface area contributed by atoms with Crippen molar-refractivity contribution in [1.29, 1.82) is 0 Å². The third kappa shape index (κ3) is 6.37. The van der Waals surface area contributed by atoms with Crippen LogP contribution in [0.25, 0.3) is 110 Å². The molecule has 0 unspecified atom stereocenters. The number of fused-ring (bicyclic) bond motifs is 20. The summed E-state index contributed by atoms with van der Waals surface area (Å²) >= 11 is 0. The first-order valence-electron chi connectivity index (χ1n) is 31.2. The van der Waals surface area contributed by atoms with E-state index < -0.39 is 0 Å². The Hall–Kier alpha value is -7.69. The molecule has 4 aliphatic heterocycles. The summed E-state index contributed by atoms with van der Waals surface area (Å²) in [6.07, 6.45) is 0. The highest BCUT2D eigenvalue weighted by Crippen LogP contribution is 2.48. The van der Waals surface area contributed by atoms with Crippen LogP contribution in [0.15, 0.2) is 133 Å². The minimum absolute atomic E-state index is 0.0136. The largest absolute Gasteiger partial charge is 0.310 e. The van der Waals surface area contributed by atoms with Gasteiger partial charge in [0.1, 0.15) is 0 Å². The summed E-state index contributed by atoms with van der Waals surface area (Å²) in [4.78, 5) is 0. The molecule has 0 fully saturated rings. The minimum Gasteiger partial charge on any atom is -0.310 e. The van der Waals surface area contributed by atoms with Crippen molar-refractivity contribution in [3.05, 3.63) is 167 Å². The van der Waals surface area contributed by atoms with Gasteiger partial charge in [-0.1, -0.05) is 185 Å². The Morgan fingerprint density at radius 1 is 0.238 bits per heavy atom. The van der Waals surface area contributed by atoms with Crippen molar-refractivity contribution in [2.45, 2.75) is 157 Å². The minimum atomic E-state index is -0.115. The van der Waals surface area contributed by atoms with Crippen LogP contribution in [-0.2, 0) is 32.5 Å². The third-order valence-electron chi connectivity index (χ3n) is 20.8. The van der Waals surface area contributed by atoms with E-state index in [1.54, 1.807) is 0 Å². The second-order valence-corrected chi connectivity index (χ2v) is 32.3. The van der Waals surface area contributed by atoms with Crippen LogP contribution in [0.2, 0.25) is 0 Å². The summed E-state index contributed by atoms with van der Waals surface area (Å²) in [5.41, 5.74) is 32.1. The molecule has 0 radical (unpaired) electrons. The molecule has 0 saturated carbocycles. The van der Waals surface area contributed by atoms with Gasteiger partial charge in [-0.25, -0.2) is 0 Å². The Morgan fingerprint density at radius 2 is 0.536 bits per heavy atom. The Balaban J connectivity index is 1.01. The average Bonchev–Trinajstić information content (AvgIpc) is 1.95. The van der Waals surface area contributed by atoms with Crippen LogP contribution in [0.5, 0.6) is 0 Å². The fourth-order valence-electron chi connectivity index (χ4n) is 16.1. The van der Waals surface area contributed by atoms with E-state index in [9.17, 15) is 0 Å². The van der Waals surface area contributed by atoms with E-state index in [0.717, 1.165) is 0 Å². The molecular formula is C78H76B2N4. The molecule has 0 N–H and O–H groups in total. The Bertz CT molecular complexity index is 4920. The number of hydrogen-bond donors (Lipinski definition) is 0. The number of nitrogens with zero attached hydrogens (tertiary/aromatic N) is 4. The summed E-state index contributed by atoms with van der Waals surface area (Å²) in [5.74, 6) is 0. The molecule has 414 valence electrons. The van der Waals surface area contributed by atoms with Gasteiger partial charge in [0.25, 0.3) is 13.4 Å². The van der Waals surface area contributed by atoms with Gasteiger partial charge >= 0.3 is 0 Å². The summed E-state index contributed by atoms with van der Waals surface area (Å²) < 4.78 is 10.8. The van der Waals surface area contributed by atoms with Gasteiger partial charge in [0, 0.05) is 87.9 Å². The Morgan fingerprint density at radius 3 is 0.881 bits per heavy atom. The average molecular weight is 1090 g/mol. The smallest absolute Gasteiger partial charge is 0.252 e. The molecule has 0 amide bonds. The van der Waals surface area contributed by atoms with Crippen molar-refractivity contribution in [3.8, 4) is 22.7 Å². The van der Waals surface area contributed by atoms with Crippen LogP contribution in [0, 0.1) is 0 Å². The number of aromatic nitrogens is 4. The highest BCUT2D eigenvalue weighted by Gasteiger charge is 2.45. The highest BCUT2D eigenvalue weighted by atomic mass is 15.1. The number of para-hydroxylation sites is 2. The normalized spacial score (nSPS) is 14.7. The maximum absolute atomic E-state index is 2.72. The van der Waals surface area contributed by atoms with Crippen molar-refractivity contribution < 1.29 is 0 Å². The molecule has 9 aromatic carbocycles. The van der Waals surface area contributed by atoms with Crippen molar-refractivity contribution in [2.75, 3.05) is 0 Å². The molecular weight excluding hydrogens is 1010 g/mol. The molecule has 0 spiro atoms. The lowest BCUT2D eigenvalue weighted by atomic mass is 9.34. The third-order valence-corrected chi connectivity index (χ3v) is 20.8. The second kappa shape index (κ2) is 15.4. The molecule has 0 bridgehead atoms. The first-order chi connectivity index (χ1) is 39.5. The molecule has 4 aromatic heterocycles. The SMILES string of the molecule is CC(C)(C)c1cc2c3c(c1)-n1c4cc5c(cc4c4cccc(c41)B3c1cc(C(C)(C)C)cc3c4cc(C(C)(C)C)ccc4n-2c13)c1cccc2c1n5-c1cc(C(C)(C)C)cc3c1B2c1cc(C(C)(C)C)cc2c4cc(C(C)(C)C)ccc4n-3c12. The van der Waals surface area contributed by atoms with Crippen LogP contribution < -0.4 is 32.8 Å². The summed E-state index contributed by atoms with van der Waals surface area (Å²) in [7, 11) is 0. The second-order valence-electron chi connectivity index (χ2n) is 32.3. The molecule has 6 heteroatoms. The zero-order chi connectivity index (χ0) is 58.5. The number of benzene rings is 9. The lowest BCUT2D eigenvalue weighted by Gasteiger charge is -2.36. The van der Waals surface area contributed by atoms with Gasteiger partial charge in [0.05, 0.1) is 22.1 Å². The van der Waals surface area contributed by atoms with Gasteiger partial charge in [-0.15, -0.1) is 0 Å². The Labute approximate surface area is 495 Å². The molecule has 0 atom stereocenters. The monoisotopic (exact) mass is 1090 g/mol. The summed E-state index contributed by atoms with van der Waals surface area (Å²) in [6, 6.07) is 55.0. The molecule has 0 aliphatic carbocycles. The van der Waals surface area contributed by atoms with Crippen molar-refractivity contribution in [1.82, 2.24) is 18.3 Å². The van der Waals surface area contributed by atoms with Gasteiger partial charge < -0.3 is 18.3 Å². The molecule has 13 aromatic rings.